The van der Waals surface area contributed by atoms with Crippen molar-refractivity contribution >= 4 is 91.4 Å². The molecule has 1 aliphatic heterocycles. The van der Waals surface area contributed by atoms with E-state index < -0.39 is 79.8 Å². The first-order chi connectivity index (χ1) is 27.8. The Hall–Kier alpha value is -4.36. The molecule has 330 valence electrons. The van der Waals surface area contributed by atoms with Crippen LogP contribution in [0.2, 0.25) is 5.02 Å². The number of sulfonamides is 1. The molecule has 2 aromatic carbocycles. The quantitative estimate of drug-likeness (QED) is 0.115. The van der Waals surface area contributed by atoms with Crippen LogP contribution in [0, 0.1) is 11.3 Å². The highest BCUT2D eigenvalue weighted by Crippen LogP contribution is 2.46. The lowest BCUT2D eigenvalue weighted by molar-refractivity contribution is -0.141. The number of benzene rings is 2. The zero-order chi connectivity index (χ0) is 42.7. The van der Waals surface area contributed by atoms with Crippen molar-refractivity contribution in [2.45, 2.75) is 81.6 Å². The normalized spacial score (nSPS) is 21.6. The number of halogens is 6. The molecule has 61 heavy (non-hydrogen) atoms. The molecule has 4 aromatic rings. The third-order valence-corrected chi connectivity index (χ3v) is 13.6. The zero-order valence-corrected chi connectivity index (χ0v) is 37.3. The monoisotopic (exact) mass is 946 g/mol. The van der Waals surface area contributed by atoms with Gasteiger partial charge in [-0.15, -0.1) is 42.7 Å². The number of likely N-dealkylation sites (tertiary alicyclic amines) is 1. The van der Waals surface area contributed by atoms with Gasteiger partial charge in [0.1, 0.15) is 29.5 Å². The number of ether oxygens (including phenoxy) is 2. The number of pyridine rings is 1. The number of hydrogen-bond donors (Lipinski definition) is 3. The molecule has 0 bridgehead atoms. The fourth-order valence-electron chi connectivity index (χ4n) is 7.33. The fourth-order valence-corrected chi connectivity index (χ4v) is 9.60. The molecule has 2 aromatic heterocycles. The van der Waals surface area contributed by atoms with Crippen molar-refractivity contribution in [2.24, 2.45) is 11.3 Å². The van der Waals surface area contributed by atoms with E-state index in [1.807, 2.05) is 0 Å². The third kappa shape index (κ3) is 9.83. The summed E-state index contributed by atoms with van der Waals surface area (Å²) in [5.74, 6) is -2.13. The summed E-state index contributed by atoms with van der Waals surface area (Å²) >= 11 is 7.37. The van der Waals surface area contributed by atoms with E-state index in [1.165, 1.54) is 47.9 Å². The number of rotatable bonds is 13. The Morgan fingerprint density at radius 2 is 1.80 bits per heavy atom. The van der Waals surface area contributed by atoms with E-state index in [0.29, 0.717) is 34.4 Å². The lowest BCUT2D eigenvalue weighted by Crippen LogP contribution is -2.58. The van der Waals surface area contributed by atoms with Crippen LogP contribution in [0.4, 0.5) is 18.3 Å². The highest BCUT2D eigenvalue weighted by molar-refractivity contribution is 7.91. The summed E-state index contributed by atoms with van der Waals surface area (Å²) in [4.78, 5) is 53.1. The zero-order valence-electron chi connectivity index (χ0n) is 33.2. The summed E-state index contributed by atoms with van der Waals surface area (Å²) in [6.07, 6.45) is -1.63. The van der Waals surface area contributed by atoms with Gasteiger partial charge in [-0.1, -0.05) is 56.6 Å². The summed E-state index contributed by atoms with van der Waals surface area (Å²) in [7, 11) is -2.46. The van der Waals surface area contributed by atoms with Gasteiger partial charge in [-0.3, -0.25) is 19.1 Å². The first-order valence-corrected chi connectivity index (χ1v) is 21.5. The summed E-state index contributed by atoms with van der Waals surface area (Å²) in [5.41, 5.74) is -3.39. The third-order valence-electron chi connectivity index (χ3n) is 10.8. The van der Waals surface area contributed by atoms with Gasteiger partial charge in [0.05, 0.1) is 36.4 Å². The molecule has 2 saturated carbocycles. The molecule has 2 aliphatic carbocycles. The predicted octanol–water partition coefficient (Wildman–Crippen LogP) is 7.43. The molecule has 0 radical (unpaired) electrons. The van der Waals surface area contributed by atoms with Gasteiger partial charge in [-0.25, -0.2) is 18.4 Å². The first kappa shape index (κ1) is 47.7. The van der Waals surface area contributed by atoms with Crippen molar-refractivity contribution in [1.29, 1.82) is 0 Å². The van der Waals surface area contributed by atoms with Crippen LogP contribution >= 0.6 is 47.8 Å². The molecule has 13 nitrogen and oxygen atoms in total. The van der Waals surface area contributed by atoms with Crippen molar-refractivity contribution in [3.8, 4) is 22.9 Å². The second-order valence-corrected chi connectivity index (χ2v) is 19.3. The van der Waals surface area contributed by atoms with E-state index in [9.17, 15) is 36.0 Å². The molecule has 3 aliphatic rings. The van der Waals surface area contributed by atoms with Crippen molar-refractivity contribution in [3.05, 3.63) is 77.3 Å². The van der Waals surface area contributed by atoms with Gasteiger partial charge in [0.25, 0.3) is 5.91 Å². The summed E-state index contributed by atoms with van der Waals surface area (Å²) in [6.45, 7) is 8.99. The molecule has 0 unspecified atom stereocenters. The second-order valence-electron chi connectivity index (χ2n) is 16.0. The van der Waals surface area contributed by atoms with Crippen LogP contribution in [0.3, 0.4) is 0 Å². The van der Waals surface area contributed by atoms with Crippen LogP contribution in [0.1, 0.15) is 52.0 Å². The Kier molecular flexibility index (Phi) is 13.9. The number of aromatic nitrogens is 2. The van der Waals surface area contributed by atoms with E-state index in [4.69, 9.17) is 21.1 Å². The number of nitrogens with one attached hydrogen (secondary N) is 3. The van der Waals surface area contributed by atoms with E-state index in [1.54, 1.807) is 39.0 Å². The fraction of sp³-hybridized carbons (Fsp3) is 0.425. The molecule has 0 spiro atoms. The number of alkyl halides is 3. The van der Waals surface area contributed by atoms with Gasteiger partial charge in [0, 0.05) is 39.1 Å². The number of fused-ring (bicyclic) bond motifs is 1. The average molecular weight is 948 g/mol. The van der Waals surface area contributed by atoms with Crippen molar-refractivity contribution in [2.75, 3.05) is 19.0 Å². The number of thiazole rings is 1. The topological polar surface area (TPSA) is 169 Å². The van der Waals surface area contributed by atoms with Crippen LogP contribution in [-0.4, -0.2) is 83.6 Å². The van der Waals surface area contributed by atoms with Gasteiger partial charge >= 0.3 is 6.18 Å². The Labute approximate surface area is 372 Å². The van der Waals surface area contributed by atoms with Crippen molar-refractivity contribution in [1.82, 2.24) is 24.9 Å². The van der Waals surface area contributed by atoms with Crippen molar-refractivity contribution in [3.63, 3.8) is 0 Å². The van der Waals surface area contributed by atoms with Gasteiger partial charge < -0.3 is 25.0 Å². The van der Waals surface area contributed by atoms with Gasteiger partial charge in [-0.05, 0) is 48.9 Å². The van der Waals surface area contributed by atoms with Gasteiger partial charge in [0.15, 0.2) is 5.13 Å². The Morgan fingerprint density at radius 1 is 1.10 bits per heavy atom. The number of nitrogens with zero attached hydrogens (tertiary/aromatic N) is 3. The average Bonchev–Trinajstić information content (AvgIpc) is 4.06. The summed E-state index contributed by atoms with van der Waals surface area (Å²) < 4.78 is 81.2. The largest absolute Gasteiger partial charge is 0.494 e. The highest BCUT2D eigenvalue weighted by Gasteiger charge is 2.62. The predicted molar refractivity (Wildman–Crippen MR) is 231 cm³/mol. The molecular weight excluding hydrogens is 904 g/mol. The molecule has 1 saturated heterocycles. The number of hydrogen-bond acceptors (Lipinski definition) is 11. The number of carbonyl (C=O) groups excluding carboxylic acids is 3. The maximum atomic E-state index is 14.8. The van der Waals surface area contributed by atoms with E-state index >= 15 is 0 Å². The second kappa shape index (κ2) is 17.8. The Balaban J connectivity index is 0.00000352. The minimum absolute atomic E-state index is 0. The van der Waals surface area contributed by atoms with Crippen LogP contribution in [0.25, 0.3) is 22.0 Å². The standard InChI is InChI=1S/C40H42ClF3N6O7S2.2ClH/c1-6-21-17-39(21,36(53)49-59(54,55)24-12-13-24)48-33(51)30-16-23(57-34-27-15-22(41)11-14-25(27)31(56-5)18-45-34)19-50(30)35(52)32(38(2,3)4)47-37-46-29(20-58-37)26-9-7-8-10-28(26)40(42,43)44;;/h6-11,14-15,18,20-21,23-24,30,32H,1,12-13,16-17,19H2,2-5H3,(H,46,47)(H,48,51)(H,49,53);2*1H/t21-,23-,30+,32-,39-;;/m1../s1. The first-order valence-electron chi connectivity index (χ1n) is 18.7. The Morgan fingerprint density at radius 3 is 2.43 bits per heavy atom. The van der Waals surface area contributed by atoms with E-state index in [-0.39, 0.29) is 66.5 Å². The molecule has 3 N–H and O–H groups in total. The van der Waals surface area contributed by atoms with Crippen LogP contribution in [0.5, 0.6) is 11.6 Å². The smallest absolute Gasteiger partial charge is 0.417 e. The SMILES string of the molecule is C=C[C@@H]1C[C@]1(NC(=O)[C@@H]1C[C@@H](Oc2ncc(OC)c3ccc(Cl)cc23)CN1C(=O)[C@@H](Nc1nc(-c2ccccc2C(F)(F)F)cs1)C(C)(C)C)C(=O)NS(=O)(=O)C1CC1.Cl.Cl. The number of anilines is 1. The number of methoxy groups -OCH3 is 1. The lowest BCUT2D eigenvalue weighted by Gasteiger charge is -2.35. The van der Waals surface area contributed by atoms with E-state index in [0.717, 1.165) is 17.4 Å². The number of carbonyl (C=O) groups is 3. The molecular formula is C40H44Cl3F3N6O7S2. The maximum Gasteiger partial charge on any atom is 0.417 e. The minimum atomic E-state index is -4.63. The number of amides is 3. The Bertz CT molecular complexity index is 2450. The van der Waals surface area contributed by atoms with Gasteiger partial charge in [-0.2, -0.15) is 13.2 Å². The maximum absolute atomic E-state index is 14.8. The molecule has 3 fully saturated rings. The van der Waals surface area contributed by atoms with Gasteiger partial charge in [0.2, 0.25) is 27.7 Å². The van der Waals surface area contributed by atoms with Crippen LogP contribution in [0.15, 0.2) is 66.7 Å². The lowest BCUT2D eigenvalue weighted by atomic mass is 9.85. The summed E-state index contributed by atoms with van der Waals surface area (Å²) in [6, 6.07) is 7.84. The molecule has 3 heterocycles. The molecule has 3 amide bonds. The molecule has 5 atom stereocenters. The minimum Gasteiger partial charge on any atom is -0.494 e. The molecule has 7 rings (SSSR count). The highest BCUT2D eigenvalue weighted by atomic mass is 35.5. The van der Waals surface area contributed by atoms with Crippen LogP contribution in [-0.2, 0) is 30.6 Å². The summed E-state index contributed by atoms with van der Waals surface area (Å²) in [5, 5.41) is 8.41. The van der Waals surface area contributed by atoms with Crippen molar-refractivity contribution < 1.29 is 45.4 Å². The van der Waals surface area contributed by atoms with E-state index in [2.05, 4.69) is 31.9 Å². The molecule has 21 heteroatoms. The van der Waals surface area contributed by atoms with Crippen LogP contribution < -0.4 is 24.8 Å².